The zero-order valence-electron chi connectivity index (χ0n) is 36.2. The minimum Gasteiger partial charge on any atom is -0.478 e. The molecule has 0 bridgehead atoms. The molecule has 0 spiro atoms. The molecular formula is C42H51FN18O2. The number of aryl methyl sites for hydroxylation is 3. The highest BCUT2D eigenvalue weighted by atomic mass is 19.1. The van der Waals surface area contributed by atoms with E-state index in [0.29, 0.717) is 52.2 Å². The van der Waals surface area contributed by atoms with Crippen LogP contribution in [0.3, 0.4) is 0 Å². The summed E-state index contributed by atoms with van der Waals surface area (Å²) in [4.78, 5) is 46.9. The van der Waals surface area contributed by atoms with Crippen molar-refractivity contribution in [3.05, 3.63) is 66.0 Å². The topological polar surface area (TPSA) is 203 Å². The summed E-state index contributed by atoms with van der Waals surface area (Å²) in [5, 5.41) is 22.3. The molecule has 1 aliphatic carbocycles. The van der Waals surface area contributed by atoms with Gasteiger partial charge in [0.25, 0.3) is 5.88 Å². The molecule has 3 aliphatic rings. The monoisotopic (exact) mass is 858 g/mol. The molecule has 2 saturated heterocycles. The maximum atomic E-state index is 15.9. The molecule has 1 aromatic carbocycles. The summed E-state index contributed by atoms with van der Waals surface area (Å²) in [6.07, 6.45) is 6.16. The van der Waals surface area contributed by atoms with E-state index in [0.717, 1.165) is 53.7 Å². The molecule has 6 aromatic heterocycles. The first-order valence-corrected chi connectivity index (χ1v) is 21.3. The van der Waals surface area contributed by atoms with Crippen molar-refractivity contribution in [1.82, 2.24) is 69.1 Å². The number of fused-ring (bicyclic) bond motifs is 3. The number of amides is 1. The molecule has 10 rings (SSSR count). The van der Waals surface area contributed by atoms with Gasteiger partial charge in [0, 0.05) is 56.9 Å². The minimum atomic E-state index is -1.40. The molecule has 0 radical (unpaired) electrons. The van der Waals surface area contributed by atoms with Gasteiger partial charge in [0.1, 0.15) is 17.7 Å². The number of rotatable bonds is 13. The van der Waals surface area contributed by atoms with Gasteiger partial charge in [-0.05, 0) is 57.2 Å². The fourth-order valence-corrected chi connectivity index (χ4v) is 8.72. The van der Waals surface area contributed by atoms with Gasteiger partial charge in [0.2, 0.25) is 23.8 Å². The van der Waals surface area contributed by atoms with Crippen LogP contribution in [0.15, 0.2) is 49.1 Å². The molecule has 0 unspecified atom stereocenters. The van der Waals surface area contributed by atoms with Crippen molar-refractivity contribution < 1.29 is 13.9 Å². The van der Waals surface area contributed by atoms with E-state index in [1.807, 2.05) is 42.9 Å². The summed E-state index contributed by atoms with van der Waals surface area (Å²) in [7, 11) is 5.14. The Bertz CT molecular complexity index is 2880. The fourth-order valence-electron chi connectivity index (χ4n) is 8.72. The summed E-state index contributed by atoms with van der Waals surface area (Å²) in [6, 6.07) is 5.75. The molecule has 2 aliphatic heterocycles. The molecule has 1 amide bonds. The number of alkyl halides is 1. The average molecular weight is 859 g/mol. The molecule has 21 heteroatoms. The van der Waals surface area contributed by atoms with Gasteiger partial charge in [-0.2, -0.15) is 29.5 Å². The number of hydrogen-bond acceptors (Lipinski definition) is 15. The van der Waals surface area contributed by atoms with Crippen LogP contribution in [0.5, 0.6) is 5.88 Å². The first-order valence-electron chi connectivity index (χ1n) is 21.3. The molecule has 7 aromatic rings. The zero-order valence-corrected chi connectivity index (χ0v) is 36.2. The van der Waals surface area contributed by atoms with E-state index in [4.69, 9.17) is 34.8 Å². The summed E-state index contributed by atoms with van der Waals surface area (Å²) < 4.78 is 28.4. The Morgan fingerprint density at radius 1 is 1.00 bits per heavy atom. The van der Waals surface area contributed by atoms with Crippen molar-refractivity contribution in [2.75, 3.05) is 53.7 Å². The lowest BCUT2D eigenvalue weighted by Crippen LogP contribution is -2.54. The third-order valence-electron chi connectivity index (χ3n) is 11.9. The van der Waals surface area contributed by atoms with Crippen LogP contribution in [0.2, 0.25) is 0 Å². The van der Waals surface area contributed by atoms with Gasteiger partial charge in [-0.15, -0.1) is 5.10 Å². The lowest BCUT2D eigenvalue weighted by Gasteiger charge is -2.36. The van der Waals surface area contributed by atoms with Crippen molar-refractivity contribution in [1.29, 1.82) is 0 Å². The number of nitrogens with one attached hydrogen (secondary N) is 4. The van der Waals surface area contributed by atoms with Gasteiger partial charge >= 0.3 is 0 Å². The van der Waals surface area contributed by atoms with E-state index in [1.54, 1.807) is 38.2 Å². The number of aromatic nitrogens is 12. The number of imidazole rings is 2. The number of carbonyl (C=O) groups is 1. The predicted molar refractivity (Wildman–Crippen MR) is 236 cm³/mol. The SMILES string of the molecule is C=C(Cn1c(CNc2nc(N3C[C@@H](C)N[C@@H](C)C3)nc3c(C4CC4)cnn23)nc2cc(C)ccc21)C(=O)N[C@@H]1CN(c2nc(Nc3cn(C)nc3OC)c3ncn(C)c3n2)C[C@H]1F. The first kappa shape index (κ1) is 40.2. The lowest BCUT2D eigenvalue weighted by atomic mass is 10.1. The summed E-state index contributed by atoms with van der Waals surface area (Å²) in [5.74, 6) is 2.95. The van der Waals surface area contributed by atoms with Crippen molar-refractivity contribution in [3.8, 4) is 5.88 Å². The molecule has 328 valence electrons. The molecule has 3 fully saturated rings. The van der Waals surface area contributed by atoms with Gasteiger partial charge in [-0.3, -0.25) is 9.48 Å². The third kappa shape index (κ3) is 7.69. The summed E-state index contributed by atoms with van der Waals surface area (Å²) in [6.45, 7) is 12.6. The van der Waals surface area contributed by atoms with Crippen LogP contribution in [-0.2, 0) is 32.0 Å². The standard InChI is InChI=1S/C42H51FN18O2/c1-22-8-11-32-29(12-22)48-33(14-44-40-54-42(58-16-24(3)47-25(4)17-58)52-36-27(26-9-10-26)13-46-61(36)40)60(32)15-23(2)38(62)50-30-20-59(18-28(30)43)41-51-35(34-37(53-41)56(5)21-45-34)49-31-19-57(6)55-39(31)63-7/h8,11-13,19,21,24-26,28,30,47H,2,9-10,14-18,20H2,1,3-7H3,(H,50,62)(H,44,52,54)(H,49,51,53)/t24-,25+,28-,30-/m1/s1. The first-order chi connectivity index (χ1) is 30.4. The van der Waals surface area contributed by atoms with Crippen molar-refractivity contribution in [2.45, 2.75) is 76.9 Å². The number of piperazine rings is 1. The van der Waals surface area contributed by atoms with Crippen molar-refractivity contribution in [3.63, 3.8) is 0 Å². The average Bonchev–Trinajstić information content (AvgIpc) is 3.50. The quantitative estimate of drug-likeness (QED) is 0.123. The highest BCUT2D eigenvalue weighted by molar-refractivity contribution is 5.93. The van der Waals surface area contributed by atoms with Crippen LogP contribution >= 0.6 is 0 Å². The van der Waals surface area contributed by atoms with Crippen LogP contribution in [0, 0.1) is 6.92 Å². The molecule has 4 atom stereocenters. The van der Waals surface area contributed by atoms with Crippen LogP contribution in [0.4, 0.5) is 33.7 Å². The number of methoxy groups -OCH3 is 1. The Morgan fingerprint density at radius 2 is 1.76 bits per heavy atom. The number of halogens is 1. The van der Waals surface area contributed by atoms with Gasteiger partial charge in [-0.25, -0.2) is 14.4 Å². The van der Waals surface area contributed by atoms with Gasteiger partial charge in [-0.1, -0.05) is 12.6 Å². The highest BCUT2D eigenvalue weighted by Crippen LogP contribution is 2.42. The Morgan fingerprint density at radius 3 is 2.54 bits per heavy atom. The molecule has 4 N–H and O–H groups in total. The van der Waals surface area contributed by atoms with E-state index in [1.165, 1.54) is 7.11 Å². The third-order valence-corrected chi connectivity index (χ3v) is 11.9. The second kappa shape index (κ2) is 15.8. The Labute approximate surface area is 362 Å². The predicted octanol–water partition coefficient (Wildman–Crippen LogP) is 3.52. The second-order valence-electron chi connectivity index (χ2n) is 17.1. The van der Waals surface area contributed by atoms with Gasteiger partial charge in [0.15, 0.2) is 22.6 Å². The molecule has 63 heavy (non-hydrogen) atoms. The highest BCUT2D eigenvalue weighted by Gasteiger charge is 2.37. The Kier molecular flexibility index (Phi) is 10.1. The maximum Gasteiger partial charge on any atom is 0.256 e. The Balaban J connectivity index is 0.873. The normalized spacial score (nSPS) is 20.3. The minimum absolute atomic E-state index is 0.0269. The summed E-state index contributed by atoms with van der Waals surface area (Å²) >= 11 is 0. The maximum absolute atomic E-state index is 15.9. The van der Waals surface area contributed by atoms with Gasteiger partial charge in [0.05, 0.1) is 62.5 Å². The number of anilines is 5. The van der Waals surface area contributed by atoms with Crippen LogP contribution in [-0.4, -0.2) is 122 Å². The number of ether oxygens (including phenoxy) is 1. The fraction of sp³-hybridized carbons (Fsp3) is 0.452. The number of nitrogens with zero attached hydrogens (tertiary/aromatic N) is 14. The second-order valence-corrected chi connectivity index (χ2v) is 17.1. The van der Waals surface area contributed by atoms with E-state index < -0.39 is 18.1 Å². The smallest absolute Gasteiger partial charge is 0.256 e. The lowest BCUT2D eigenvalue weighted by molar-refractivity contribution is -0.118. The van der Waals surface area contributed by atoms with E-state index in [9.17, 15) is 4.79 Å². The number of hydrogen-bond donors (Lipinski definition) is 4. The van der Waals surface area contributed by atoms with Crippen molar-refractivity contribution >= 4 is 63.1 Å². The van der Waals surface area contributed by atoms with E-state index in [-0.39, 0.29) is 49.8 Å². The molecule has 1 saturated carbocycles. The largest absolute Gasteiger partial charge is 0.478 e. The Hall–Kier alpha value is -6.90. The number of benzene rings is 1. The van der Waals surface area contributed by atoms with Gasteiger partial charge < -0.3 is 44.9 Å². The van der Waals surface area contributed by atoms with Crippen LogP contribution in [0.25, 0.3) is 27.8 Å². The van der Waals surface area contributed by atoms with Crippen LogP contribution in [0.1, 0.15) is 49.6 Å². The van der Waals surface area contributed by atoms with Crippen LogP contribution < -0.4 is 35.8 Å². The molecular weight excluding hydrogens is 808 g/mol. The number of carbonyl (C=O) groups excluding carboxylic acids is 1. The molecule has 8 heterocycles. The van der Waals surface area contributed by atoms with E-state index in [2.05, 4.69) is 56.7 Å². The van der Waals surface area contributed by atoms with E-state index >= 15 is 4.39 Å². The van der Waals surface area contributed by atoms with Crippen molar-refractivity contribution in [2.24, 2.45) is 14.1 Å². The molecule has 20 nitrogen and oxygen atoms in total. The zero-order chi connectivity index (χ0) is 43.7. The summed E-state index contributed by atoms with van der Waals surface area (Å²) in [5.41, 5.74) is 6.53.